The van der Waals surface area contributed by atoms with Gasteiger partial charge in [0.2, 0.25) is 0 Å². The van der Waals surface area contributed by atoms with Crippen LogP contribution in [0, 0.1) is 11.8 Å². The summed E-state index contributed by atoms with van der Waals surface area (Å²) < 4.78 is 0. The molecule has 0 fully saturated rings. The molecule has 0 saturated heterocycles. The van der Waals surface area contributed by atoms with Crippen molar-refractivity contribution >= 4 is 12.6 Å². The fraction of sp³-hybridized carbons (Fsp3) is 0.429. The standard InChI is InChI=1S/C14H20O2/c1-13(11-15)9-7-5-3-4-6-8-10-14(2)12-16/h3-4,7-14H,5-6H2,1-2H3. The first kappa shape index (κ1) is 14.6. The van der Waals surface area contributed by atoms with E-state index in [4.69, 9.17) is 0 Å². The first-order valence-corrected chi connectivity index (χ1v) is 5.59. The SMILES string of the molecule is CC(C=O)C=CCC=CCC=CC(C)C=O. The minimum absolute atomic E-state index is 0.00161. The van der Waals surface area contributed by atoms with Crippen LogP contribution in [0.1, 0.15) is 26.7 Å². The van der Waals surface area contributed by atoms with Crippen LogP contribution in [-0.2, 0) is 9.59 Å². The monoisotopic (exact) mass is 220 g/mol. The zero-order valence-corrected chi connectivity index (χ0v) is 10.0. The highest BCUT2D eigenvalue weighted by atomic mass is 16.1. The maximum Gasteiger partial charge on any atom is 0.126 e. The lowest BCUT2D eigenvalue weighted by Crippen LogP contribution is -1.87. The minimum atomic E-state index is 0.00161. The van der Waals surface area contributed by atoms with E-state index in [-0.39, 0.29) is 11.8 Å². The predicted molar refractivity (Wildman–Crippen MR) is 67.1 cm³/mol. The molecule has 0 aromatic carbocycles. The van der Waals surface area contributed by atoms with Crippen LogP contribution in [0.4, 0.5) is 0 Å². The molecule has 0 amide bonds. The Hall–Kier alpha value is -1.44. The summed E-state index contributed by atoms with van der Waals surface area (Å²) in [5, 5.41) is 0. The van der Waals surface area contributed by atoms with Crippen molar-refractivity contribution in [3.63, 3.8) is 0 Å². The maximum atomic E-state index is 10.3. The van der Waals surface area contributed by atoms with Gasteiger partial charge in [0.05, 0.1) is 0 Å². The Labute approximate surface area is 97.7 Å². The molecule has 0 heterocycles. The average Bonchev–Trinajstić information content (AvgIpc) is 2.31. The third-order valence-electron chi connectivity index (χ3n) is 2.02. The van der Waals surface area contributed by atoms with E-state index in [2.05, 4.69) is 0 Å². The van der Waals surface area contributed by atoms with Gasteiger partial charge in [0.25, 0.3) is 0 Å². The highest BCUT2D eigenvalue weighted by Crippen LogP contribution is 1.97. The van der Waals surface area contributed by atoms with Crippen LogP contribution >= 0.6 is 0 Å². The average molecular weight is 220 g/mol. The Bertz CT molecular complexity index is 246. The van der Waals surface area contributed by atoms with Gasteiger partial charge in [-0.3, -0.25) is 0 Å². The molecule has 0 aliphatic rings. The Balaban J connectivity index is 3.63. The lowest BCUT2D eigenvalue weighted by atomic mass is 10.1. The summed E-state index contributed by atoms with van der Waals surface area (Å²) in [5.74, 6) is 0.00322. The molecule has 0 aromatic rings. The second kappa shape index (κ2) is 10.1. The summed E-state index contributed by atoms with van der Waals surface area (Å²) in [4.78, 5) is 20.6. The lowest BCUT2D eigenvalue weighted by Gasteiger charge is -1.91. The Kier molecular flexibility index (Phi) is 9.18. The molecule has 2 unspecified atom stereocenters. The number of rotatable bonds is 8. The predicted octanol–water partition coefficient (Wildman–Crippen LogP) is 3.11. The van der Waals surface area contributed by atoms with Gasteiger partial charge in [0.1, 0.15) is 12.6 Å². The third-order valence-corrected chi connectivity index (χ3v) is 2.02. The van der Waals surface area contributed by atoms with Crippen LogP contribution in [0.15, 0.2) is 36.5 Å². The summed E-state index contributed by atoms with van der Waals surface area (Å²) in [6.45, 7) is 3.72. The van der Waals surface area contributed by atoms with E-state index in [1.165, 1.54) is 0 Å². The summed E-state index contributed by atoms with van der Waals surface area (Å²) in [5.41, 5.74) is 0. The summed E-state index contributed by atoms with van der Waals surface area (Å²) in [6, 6.07) is 0. The molecule has 0 aliphatic heterocycles. The Morgan fingerprint density at radius 2 is 1.12 bits per heavy atom. The quantitative estimate of drug-likeness (QED) is 0.465. The molecule has 2 atom stereocenters. The van der Waals surface area contributed by atoms with Crippen LogP contribution in [0.25, 0.3) is 0 Å². The zero-order chi connectivity index (χ0) is 12.2. The van der Waals surface area contributed by atoms with Gasteiger partial charge in [-0.15, -0.1) is 0 Å². The molecule has 2 nitrogen and oxygen atoms in total. The smallest absolute Gasteiger partial charge is 0.126 e. The maximum absolute atomic E-state index is 10.3. The number of carbonyl (C=O) groups is 2. The second-order valence-corrected chi connectivity index (χ2v) is 3.79. The molecule has 88 valence electrons. The Morgan fingerprint density at radius 1 is 0.750 bits per heavy atom. The van der Waals surface area contributed by atoms with Crippen LogP contribution in [0.3, 0.4) is 0 Å². The normalized spacial score (nSPS) is 15.9. The van der Waals surface area contributed by atoms with E-state index < -0.39 is 0 Å². The van der Waals surface area contributed by atoms with Gasteiger partial charge in [0, 0.05) is 11.8 Å². The van der Waals surface area contributed by atoms with Crippen molar-refractivity contribution < 1.29 is 9.59 Å². The van der Waals surface area contributed by atoms with Crippen molar-refractivity contribution in [2.24, 2.45) is 11.8 Å². The van der Waals surface area contributed by atoms with Crippen LogP contribution in [0.5, 0.6) is 0 Å². The largest absolute Gasteiger partial charge is 0.303 e. The Morgan fingerprint density at radius 3 is 1.44 bits per heavy atom. The third kappa shape index (κ3) is 9.13. The van der Waals surface area contributed by atoms with Crippen LogP contribution in [0.2, 0.25) is 0 Å². The number of carbonyl (C=O) groups excluding carboxylic acids is 2. The van der Waals surface area contributed by atoms with Gasteiger partial charge in [-0.1, -0.05) is 50.3 Å². The highest BCUT2D eigenvalue weighted by Gasteiger charge is 1.89. The van der Waals surface area contributed by atoms with Crippen molar-refractivity contribution in [2.45, 2.75) is 26.7 Å². The molecule has 0 radical (unpaired) electrons. The van der Waals surface area contributed by atoms with E-state index in [1.807, 2.05) is 50.3 Å². The molecule has 0 aromatic heterocycles. The summed E-state index contributed by atoms with van der Waals surface area (Å²) in [7, 11) is 0. The van der Waals surface area contributed by atoms with Crippen molar-refractivity contribution in [1.29, 1.82) is 0 Å². The second-order valence-electron chi connectivity index (χ2n) is 3.79. The summed E-state index contributed by atoms with van der Waals surface area (Å²) >= 11 is 0. The van der Waals surface area contributed by atoms with E-state index in [0.29, 0.717) is 0 Å². The van der Waals surface area contributed by atoms with Crippen molar-refractivity contribution in [3.05, 3.63) is 36.5 Å². The number of aldehydes is 2. The van der Waals surface area contributed by atoms with E-state index in [1.54, 1.807) is 0 Å². The molecule has 0 aliphatic carbocycles. The van der Waals surface area contributed by atoms with E-state index in [0.717, 1.165) is 25.4 Å². The van der Waals surface area contributed by atoms with Gasteiger partial charge in [-0.05, 0) is 12.8 Å². The minimum Gasteiger partial charge on any atom is -0.303 e. The molecule has 0 N–H and O–H groups in total. The van der Waals surface area contributed by atoms with Gasteiger partial charge in [-0.25, -0.2) is 0 Å². The molecule has 0 rings (SSSR count). The van der Waals surface area contributed by atoms with E-state index in [9.17, 15) is 9.59 Å². The van der Waals surface area contributed by atoms with Gasteiger partial charge in [0.15, 0.2) is 0 Å². The fourth-order valence-corrected chi connectivity index (χ4v) is 1.03. The summed E-state index contributed by atoms with van der Waals surface area (Å²) in [6.07, 6.45) is 15.4. The fourth-order valence-electron chi connectivity index (χ4n) is 1.03. The van der Waals surface area contributed by atoms with Gasteiger partial charge < -0.3 is 9.59 Å². The van der Waals surface area contributed by atoms with Crippen molar-refractivity contribution in [2.75, 3.05) is 0 Å². The zero-order valence-electron chi connectivity index (χ0n) is 10.0. The number of hydrogen-bond donors (Lipinski definition) is 0. The molecular formula is C14H20O2. The van der Waals surface area contributed by atoms with Crippen molar-refractivity contribution in [1.82, 2.24) is 0 Å². The number of hydrogen-bond acceptors (Lipinski definition) is 2. The molecule has 2 heteroatoms. The first-order valence-electron chi connectivity index (χ1n) is 5.59. The first-order chi connectivity index (χ1) is 7.70. The van der Waals surface area contributed by atoms with Crippen molar-refractivity contribution in [3.8, 4) is 0 Å². The molecule has 0 spiro atoms. The lowest BCUT2D eigenvalue weighted by molar-refractivity contribution is -0.110. The number of allylic oxidation sites excluding steroid dienone is 6. The molecule has 0 bridgehead atoms. The molecule has 16 heavy (non-hydrogen) atoms. The van der Waals surface area contributed by atoms with Crippen LogP contribution < -0.4 is 0 Å². The molecule has 0 saturated carbocycles. The molecular weight excluding hydrogens is 200 g/mol. The highest BCUT2D eigenvalue weighted by molar-refractivity contribution is 5.55. The van der Waals surface area contributed by atoms with E-state index >= 15 is 0 Å². The topological polar surface area (TPSA) is 34.1 Å². The van der Waals surface area contributed by atoms with Crippen LogP contribution in [-0.4, -0.2) is 12.6 Å². The van der Waals surface area contributed by atoms with Gasteiger partial charge in [-0.2, -0.15) is 0 Å². The van der Waals surface area contributed by atoms with Gasteiger partial charge >= 0.3 is 0 Å².